The van der Waals surface area contributed by atoms with Crippen molar-refractivity contribution in [2.45, 2.75) is 0 Å². The van der Waals surface area contributed by atoms with Gasteiger partial charge in [0.1, 0.15) is 10.8 Å². The Morgan fingerprint density at radius 3 is 2.44 bits per heavy atom. The number of nitrogens with one attached hydrogen (secondary N) is 2. The molecule has 0 aliphatic rings. The van der Waals surface area contributed by atoms with E-state index in [1.165, 1.54) is 0 Å². The van der Waals surface area contributed by atoms with Crippen molar-refractivity contribution < 1.29 is 9.53 Å². The van der Waals surface area contributed by atoms with Crippen LogP contribution in [0.15, 0.2) is 72.8 Å². The predicted octanol–water partition coefficient (Wildman–Crippen LogP) is 5.62. The molecule has 3 aromatic carbocycles. The minimum atomic E-state index is -0.315. The summed E-state index contributed by atoms with van der Waals surface area (Å²) in [6, 6.07) is 22.6. The first kappa shape index (κ1) is 17.1. The maximum atomic E-state index is 12.3. The van der Waals surface area contributed by atoms with E-state index < -0.39 is 0 Å². The zero-order valence-electron chi connectivity index (χ0n) is 14.6. The topological polar surface area (TPSA) is 63.2 Å². The number of fused-ring (bicyclic) bond motifs is 1. The summed E-state index contributed by atoms with van der Waals surface area (Å²) in [6.45, 7) is 0. The summed E-state index contributed by atoms with van der Waals surface area (Å²) < 4.78 is 6.31. The third kappa shape index (κ3) is 3.91. The van der Waals surface area contributed by atoms with Crippen LogP contribution in [0, 0.1) is 0 Å². The Hall–Kier alpha value is -3.38. The third-order valence-electron chi connectivity index (χ3n) is 3.99. The van der Waals surface area contributed by atoms with Gasteiger partial charge in [-0.3, -0.25) is 0 Å². The minimum absolute atomic E-state index is 0.315. The summed E-state index contributed by atoms with van der Waals surface area (Å²) in [5, 5.41) is 6.58. The van der Waals surface area contributed by atoms with Crippen molar-refractivity contribution in [2.75, 3.05) is 17.7 Å². The van der Waals surface area contributed by atoms with Gasteiger partial charge in [-0.15, -0.1) is 11.3 Å². The Labute approximate surface area is 160 Å². The fourth-order valence-electron chi connectivity index (χ4n) is 2.72. The second-order valence-corrected chi connectivity index (χ2v) is 6.91. The monoisotopic (exact) mass is 375 g/mol. The van der Waals surface area contributed by atoms with Crippen LogP contribution in [0.2, 0.25) is 0 Å². The van der Waals surface area contributed by atoms with Gasteiger partial charge in [-0.1, -0.05) is 30.3 Å². The number of carbonyl (C=O) groups is 1. The fourth-order valence-corrected chi connectivity index (χ4v) is 3.68. The fraction of sp³-hybridized carbons (Fsp3) is 0.0476. The van der Waals surface area contributed by atoms with Crippen LogP contribution in [0.1, 0.15) is 0 Å². The predicted molar refractivity (Wildman–Crippen MR) is 111 cm³/mol. The Bertz CT molecular complexity index is 1070. The van der Waals surface area contributed by atoms with Gasteiger partial charge in [0.15, 0.2) is 0 Å². The number of aromatic nitrogens is 1. The van der Waals surface area contributed by atoms with Gasteiger partial charge in [-0.05, 0) is 36.4 Å². The Morgan fingerprint density at radius 2 is 1.67 bits per heavy atom. The summed E-state index contributed by atoms with van der Waals surface area (Å²) in [5.74, 6) is 0.686. The summed E-state index contributed by atoms with van der Waals surface area (Å²) in [7, 11) is 1.59. The summed E-state index contributed by atoms with van der Waals surface area (Å²) in [4.78, 5) is 17.0. The number of thiazole rings is 1. The molecule has 0 aliphatic heterocycles. The van der Waals surface area contributed by atoms with Crippen molar-refractivity contribution in [3.63, 3.8) is 0 Å². The minimum Gasteiger partial charge on any atom is -0.497 e. The van der Waals surface area contributed by atoms with E-state index in [-0.39, 0.29) is 6.03 Å². The second-order valence-electron chi connectivity index (χ2n) is 5.88. The van der Waals surface area contributed by atoms with E-state index in [1.54, 1.807) is 30.6 Å². The number of ether oxygens (including phenoxy) is 1. The molecule has 0 saturated carbocycles. The number of amides is 2. The largest absolute Gasteiger partial charge is 0.497 e. The highest BCUT2D eigenvalue weighted by Gasteiger charge is 2.08. The molecule has 4 aromatic rings. The third-order valence-corrected chi connectivity index (χ3v) is 5.07. The molecule has 0 atom stereocenters. The SMILES string of the molecule is COc1cccc(NC(=O)Nc2cccc(-c3nc4ccccc4s3)c2)c1. The number of hydrogen-bond acceptors (Lipinski definition) is 4. The van der Waals surface area contributed by atoms with Gasteiger partial charge in [0.05, 0.1) is 17.3 Å². The van der Waals surface area contributed by atoms with E-state index in [2.05, 4.69) is 21.7 Å². The molecule has 2 amide bonds. The average molecular weight is 375 g/mol. The molecule has 0 spiro atoms. The lowest BCUT2D eigenvalue weighted by Crippen LogP contribution is -2.19. The van der Waals surface area contributed by atoms with Gasteiger partial charge in [0.25, 0.3) is 0 Å². The Balaban J connectivity index is 1.51. The number of benzene rings is 3. The first-order valence-corrected chi connectivity index (χ1v) is 9.21. The first-order valence-electron chi connectivity index (χ1n) is 8.39. The molecule has 0 unspecified atom stereocenters. The van der Waals surface area contributed by atoms with E-state index in [9.17, 15) is 4.79 Å². The lowest BCUT2D eigenvalue weighted by Gasteiger charge is -2.09. The van der Waals surface area contributed by atoms with Crippen LogP contribution in [0.25, 0.3) is 20.8 Å². The van der Waals surface area contributed by atoms with Crippen LogP contribution in [0.5, 0.6) is 5.75 Å². The molecule has 0 radical (unpaired) electrons. The summed E-state index contributed by atoms with van der Waals surface area (Å²) in [6.07, 6.45) is 0. The van der Waals surface area contributed by atoms with Crippen LogP contribution in [0.4, 0.5) is 16.2 Å². The van der Waals surface area contributed by atoms with Gasteiger partial charge >= 0.3 is 6.03 Å². The van der Waals surface area contributed by atoms with Gasteiger partial charge < -0.3 is 15.4 Å². The van der Waals surface area contributed by atoms with Gasteiger partial charge in [-0.25, -0.2) is 9.78 Å². The summed E-state index contributed by atoms with van der Waals surface area (Å²) in [5.41, 5.74) is 3.31. The van der Waals surface area contributed by atoms with E-state index in [0.29, 0.717) is 17.1 Å². The number of nitrogens with zero attached hydrogens (tertiary/aromatic N) is 1. The van der Waals surface area contributed by atoms with Crippen LogP contribution in [0.3, 0.4) is 0 Å². The molecule has 0 fully saturated rings. The maximum Gasteiger partial charge on any atom is 0.323 e. The van der Waals surface area contributed by atoms with Crippen LogP contribution in [-0.2, 0) is 0 Å². The Kier molecular flexibility index (Phi) is 4.72. The molecule has 6 heteroatoms. The van der Waals surface area contributed by atoms with Crippen molar-refractivity contribution in [3.05, 3.63) is 72.8 Å². The van der Waals surface area contributed by atoms with Crippen molar-refractivity contribution in [1.82, 2.24) is 4.98 Å². The van der Waals surface area contributed by atoms with Crippen LogP contribution < -0.4 is 15.4 Å². The molecule has 2 N–H and O–H groups in total. The van der Waals surface area contributed by atoms with Gasteiger partial charge in [0, 0.05) is 23.0 Å². The molecule has 0 saturated heterocycles. The average Bonchev–Trinajstić information content (AvgIpc) is 3.12. The Morgan fingerprint density at radius 1 is 0.926 bits per heavy atom. The molecule has 1 heterocycles. The van der Waals surface area contributed by atoms with E-state index in [0.717, 1.165) is 20.8 Å². The van der Waals surface area contributed by atoms with Crippen LogP contribution in [-0.4, -0.2) is 18.1 Å². The molecule has 134 valence electrons. The smallest absolute Gasteiger partial charge is 0.323 e. The van der Waals surface area contributed by atoms with Crippen molar-refractivity contribution in [2.24, 2.45) is 0 Å². The lowest BCUT2D eigenvalue weighted by atomic mass is 10.2. The highest BCUT2D eigenvalue weighted by Crippen LogP contribution is 2.31. The molecule has 0 bridgehead atoms. The van der Waals surface area contributed by atoms with Crippen molar-refractivity contribution in [3.8, 4) is 16.3 Å². The van der Waals surface area contributed by atoms with E-state index >= 15 is 0 Å². The van der Waals surface area contributed by atoms with Gasteiger partial charge in [0.2, 0.25) is 0 Å². The zero-order chi connectivity index (χ0) is 18.6. The number of carbonyl (C=O) groups excluding carboxylic acids is 1. The number of para-hydroxylation sites is 1. The summed E-state index contributed by atoms with van der Waals surface area (Å²) >= 11 is 1.63. The molecule has 1 aromatic heterocycles. The molecule has 4 rings (SSSR count). The quantitative estimate of drug-likeness (QED) is 0.487. The number of rotatable bonds is 4. The zero-order valence-corrected chi connectivity index (χ0v) is 15.4. The second kappa shape index (κ2) is 7.47. The highest BCUT2D eigenvalue weighted by molar-refractivity contribution is 7.21. The van der Waals surface area contributed by atoms with Gasteiger partial charge in [-0.2, -0.15) is 0 Å². The molecule has 0 aliphatic carbocycles. The first-order chi connectivity index (χ1) is 13.2. The molecular formula is C21H17N3O2S. The molecular weight excluding hydrogens is 358 g/mol. The maximum absolute atomic E-state index is 12.3. The highest BCUT2D eigenvalue weighted by atomic mass is 32.1. The van der Waals surface area contributed by atoms with Crippen LogP contribution >= 0.6 is 11.3 Å². The lowest BCUT2D eigenvalue weighted by molar-refractivity contribution is 0.262. The van der Waals surface area contributed by atoms with Crippen molar-refractivity contribution in [1.29, 1.82) is 0 Å². The van der Waals surface area contributed by atoms with E-state index in [1.807, 2.05) is 54.6 Å². The number of methoxy groups -OCH3 is 1. The molecule has 27 heavy (non-hydrogen) atoms. The standard InChI is InChI=1S/C21H17N3O2S/c1-26-17-9-5-8-16(13-17)23-21(25)22-15-7-4-6-14(12-15)20-24-18-10-2-3-11-19(18)27-20/h2-13H,1H3,(H2,22,23,25). The number of hydrogen-bond donors (Lipinski definition) is 2. The van der Waals surface area contributed by atoms with Crippen molar-refractivity contribution >= 4 is 39.0 Å². The van der Waals surface area contributed by atoms with E-state index in [4.69, 9.17) is 4.74 Å². The number of anilines is 2. The number of urea groups is 1. The normalized spacial score (nSPS) is 10.6. The molecule has 5 nitrogen and oxygen atoms in total.